The van der Waals surface area contributed by atoms with E-state index in [4.69, 9.17) is 17.3 Å². The van der Waals surface area contributed by atoms with Crippen molar-refractivity contribution in [2.45, 2.75) is 45.0 Å². The highest BCUT2D eigenvalue weighted by atomic mass is 35.5. The Labute approximate surface area is 133 Å². The lowest BCUT2D eigenvalue weighted by Crippen LogP contribution is -2.27. The second-order valence-corrected chi connectivity index (χ2v) is 5.77. The molecule has 2 nitrogen and oxygen atoms in total. The van der Waals surface area contributed by atoms with E-state index in [2.05, 4.69) is 0 Å². The molecular weight excluding hydrogens is 326 g/mol. The van der Waals surface area contributed by atoms with Crippen molar-refractivity contribution in [1.29, 1.82) is 0 Å². The van der Waals surface area contributed by atoms with Gasteiger partial charge in [0.05, 0.1) is 17.7 Å². The summed E-state index contributed by atoms with van der Waals surface area (Å²) >= 11 is 5.70. The number of halogens is 5. The van der Waals surface area contributed by atoms with Crippen molar-refractivity contribution in [3.63, 3.8) is 0 Å². The third kappa shape index (κ3) is 6.43. The zero-order valence-electron chi connectivity index (χ0n) is 11.8. The molecule has 1 aromatic carbocycles. The number of aliphatic hydroxyl groups is 1. The van der Waals surface area contributed by atoms with E-state index < -0.39 is 23.9 Å². The molecule has 0 aliphatic heterocycles. The number of rotatable bonds is 5. The molecule has 0 saturated carbocycles. The first-order chi connectivity index (χ1) is 9.11. The SMILES string of the molecule is CC(C)CC[C@@H](O)[C@@H](N)c1cc(Cl)cc(C(F)(F)F)c1.Cl. The lowest BCUT2D eigenvalue weighted by Gasteiger charge is -2.21. The molecule has 0 spiro atoms. The molecule has 0 unspecified atom stereocenters. The lowest BCUT2D eigenvalue weighted by atomic mass is 9.95. The van der Waals surface area contributed by atoms with Crippen LogP contribution in [0.2, 0.25) is 5.02 Å². The van der Waals surface area contributed by atoms with Crippen molar-refractivity contribution in [3.05, 3.63) is 34.3 Å². The van der Waals surface area contributed by atoms with Gasteiger partial charge in [-0.15, -0.1) is 12.4 Å². The van der Waals surface area contributed by atoms with Crippen molar-refractivity contribution in [2.75, 3.05) is 0 Å². The molecule has 0 saturated heterocycles. The molecular formula is C14H20Cl2F3NO. The topological polar surface area (TPSA) is 46.2 Å². The fraction of sp³-hybridized carbons (Fsp3) is 0.571. The summed E-state index contributed by atoms with van der Waals surface area (Å²) in [6.45, 7) is 4.00. The van der Waals surface area contributed by atoms with Crippen molar-refractivity contribution in [1.82, 2.24) is 0 Å². The van der Waals surface area contributed by atoms with Gasteiger partial charge in [-0.1, -0.05) is 25.4 Å². The Balaban J connectivity index is 0.00000400. The quantitative estimate of drug-likeness (QED) is 0.820. The molecule has 0 aromatic heterocycles. The normalized spacial score (nSPS) is 14.7. The van der Waals surface area contributed by atoms with E-state index in [1.165, 1.54) is 6.07 Å². The average Bonchev–Trinajstić information content (AvgIpc) is 2.33. The number of benzene rings is 1. The number of nitrogens with two attached hydrogens (primary N) is 1. The first-order valence-electron chi connectivity index (χ1n) is 6.42. The predicted molar refractivity (Wildman–Crippen MR) is 80.7 cm³/mol. The molecule has 0 amide bonds. The van der Waals surface area contributed by atoms with E-state index in [1.807, 2.05) is 13.8 Å². The van der Waals surface area contributed by atoms with Gasteiger partial charge in [-0.3, -0.25) is 0 Å². The van der Waals surface area contributed by atoms with Gasteiger partial charge in [0.25, 0.3) is 0 Å². The van der Waals surface area contributed by atoms with Gasteiger partial charge in [0.15, 0.2) is 0 Å². The minimum absolute atomic E-state index is 0. The molecule has 3 N–H and O–H groups in total. The summed E-state index contributed by atoms with van der Waals surface area (Å²) in [6, 6.07) is 2.27. The summed E-state index contributed by atoms with van der Waals surface area (Å²) in [5.74, 6) is 0.391. The van der Waals surface area contributed by atoms with Gasteiger partial charge in [0.2, 0.25) is 0 Å². The maximum atomic E-state index is 12.7. The smallest absolute Gasteiger partial charge is 0.391 e. The molecule has 0 aliphatic carbocycles. The van der Waals surface area contributed by atoms with Gasteiger partial charge >= 0.3 is 6.18 Å². The van der Waals surface area contributed by atoms with E-state index in [0.717, 1.165) is 18.6 Å². The second-order valence-electron chi connectivity index (χ2n) is 5.34. The zero-order valence-corrected chi connectivity index (χ0v) is 13.4. The van der Waals surface area contributed by atoms with E-state index in [-0.39, 0.29) is 23.0 Å². The van der Waals surface area contributed by atoms with Gasteiger partial charge in [0, 0.05) is 5.02 Å². The molecule has 0 heterocycles. The Morgan fingerprint density at radius 1 is 1.19 bits per heavy atom. The van der Waals surface area contributed by atoms with Gasteiger partial charge in [0.1, 0.15) is 0 Å². The number of aliphatic hydroxyl groups excluding tert-OH is 1. The van der Waals surface area contributed by atoms with Crippen molar-refractivity contribution >= 4 is 24.0 Å². The standard InChI is InChI=1S/C14H19ClF3NO.ClH/c1-8(2)3-4-12(20)13(19)9-5-10(14(16,17)18)7-11(15)6-9;/h5-8,12-13,20H,3-4,19H2,1-2H3;1H/t12-,13+;/m1./s1. The molecule has 2 atom stereocenters. The highest BCUT2D eigenvalue weighted by Gasteiger charge is 2.32. The summed E-state index contributed by atoms with van der Waals surface area (Å²) in [5.41, 5.74) is 5.17. The summed E-state index contributed by atoms with van der Waals surface area (Å²) in [7, 11) is 0. The highest BCUT2D eigenvalue weighted by molar-refractivity contribution is 6.30. The number of alkyl halides is 3. The third-order valence-electron chi connectivity index (χ3n) is 3.09. The van der Waals surface area contributed by atoms with Gasteiger partial charge in [-0.2, -0.15) is 13.2 Å². The molecule has 21 heavy (non-hydrogen) atoms. The summed E-state index contributed by atoms with van der Waals surface area (Å²) in [5, 5.41) is 9.91. The Morgan fingerprint density at radius 3 is 2.24 bits per heavy atom. The molecule has 7 heteroatoms. The van der Waals surface area contributed by atoms with Gasteiger partial charge in [-0.05, 0) is 42.5 Å². The minimum Gasteiger partial charge on any atom is -0.391 e. The predicted octanol–water partition coefficient (Wildman–Crippen LogP) is 4.58. The average molecular weight is 346 g/mol. The molecule has 0 fully saturated rings. The van der Waals surface area contributed by atoms with Crippen LogP contribution in [-0.2, 0) is 6.18 Å². The van der Waals surface area contributed by atoms with Crippen LogP contribution < -0.4 is 5.73 Å². The Morgan fingerprint density at radius 2 is 1.76 bits per heavy atom. The molecule has 1 aromatic rings. The molecule has 122 valence electrons. The van der Waals surface area contributed by atoms with Crippen molar-refractivity contribution < 1.29 is 18.3 Å². The molecule has 0 bridgehead atoms. The van der Waals surface area contributed by atoms with Crippen molar-refractivity contribution in [2.24, 2.45) is 11.7 Å². The molecule has 0 aliphatic rings. The van der Waals surface area contributed by atoms with Crippen LogP contribution in [0.15, 0.2) is 18.2 Å². The Bertz CT molecular complexity index is 452. The van der Waals surface area contributed by atoms with Crippen LogP contribution in [0.1, 0.15) is 43.9 Å². The maximum Gasteiger partial charge on any atom is 0.416 e. The van der Waals surface area contributed by atoms with Gasteiger partial charge < -0.3 is 10.8 Å². The Hall–Kier alpha value is -0.490. The lowest BCUT2D eigenvalue weighted by molar-refractivity contribution is -0.137. The fourth-order valence-corrected chi connectivity index (χ4v) is 2.12. The van der Waals surface area contributed by atoms with Crippen LogP contribution in [0.4, 0.5) is 13.2 Å². The van der Waals surface area contributed by atoms with E-state index in [1.54, 1.807) is 0 Å². The van der Waals surface area contributed by atoms with Crippen LogP contribution in [0, 0.1) is 5.92 Å². The summed E-state index contributed by atoms with van der Waals surface area (Å²) < 4.78 is 38.1. The number of hydrogen-bond donors (Lipinski definition) is 2. The summed E-state index contributed by atoms with van der Waals surface area (Å²) in [4.78, 5) is 0. The van der Waals surface area contributed by atoms with Gasteiger partial charge in [-0.25, -0.2) is 0 Å². The summed E-state index contributed by atoms with van der Waals surface area (Å²) in [6.07, 6.45) is -4.19. The maximum absolute atomic E-state index is 12.7. The van der Waals surface area contributed by atoms with Crippen LogP contribution in [0.5, 0.6) is 0 Å². The monoisotopic (exact) mass is 345 g/mol. The fourth-order valence-electron chi connectivity index (χ4n) is 1.87. The molecule has 0 radical (unpaired) electrons. The highest BCUT2D eigenvalue weighted by Crippen LogP contribution is 2.33. The van der Waals surface area contributed by atoms with Crippen molar-refractivity contribution in [3.8, 4) is 0 Å². The van der Waals surface area contributed by atoms with E-state index in [9.17, 15) is 18.3 Å². The minimum atomic E-state index is -4.48. The number of hydrogen-bond acceptors (Lipinski definition) is 2. The van der Waals surface area contributed by atoms with Crippen LogP contribution in [0.3, 0.4) is 0 Å². The Kier molecular flexibility index (Phi) is 8.03. The second kappa shape index (κ2) is 8.22. The first-order valence-corrected chi connectivity index (χ1v) is 6.80. The largest absolute Gasteiger partial charge is 0.416 e. The van der Waals surface area contributed by atoms with Crippen LogP contribution >= 0.6 is 24.0 Å². The van der Waals surface area contributed by atoms with Crippen LogP contribution in [-0.4, -0.2) is 11.2 Å². The zero-order chi connectivity index (χ0) is 15.5. The molecule has 1 rings (SSSR count). The van der Waals surface area contributed by atoms with E-state index >= 15 is 0 Å². The van der Waals surface area contributed by atoms with Crippen LogP contribution in [0.25, 0.3) is 0 Å². The van der Waals surface area contributed by atoms with E-state index in [0.29, 0.717) is 12.3 Å². The third-order valence-corrected chi connectivity index (χ3v) is 3.30. The first kappa shape index (κ1) is 20.5.